The number of carboxylic acid groups (broad SMARTS) is 1. The van der Waals surface area contributed by atoms with E-state index in [1.807, 2.05) is 30.3 Å². The molecule has 0 aliphatic carbocycles. The highest BCUT2D eigenvalue weighted by Gasteiger charge is 2.33. The quantitative estimate of drug-likeness (QED) is 0.510. The summed E-state index contributed by atoms with van der Waals surface area (Å²) in [6, 6.07) is 16.4. The van der Waals surface area contributed by atoms with Gasteiger partial charge in [0, 0.05) is 23.9 Å². The highest BCUT2D eigenvalue weighted by atomic mass is 32.2. The monoisotopic (exact) mass is 467 g/mol. The predicted octanol–water partition coefficient (Wildman–Crippen LogP) is 3.79. The molecule has 0 saturated carbocycles. The van der Waals surface area contributed by atoms with Gasteiger partial charge in [-0.3, -0.25) is 15.0 Å². The minimum Gasteiger partial charge on any atom is -0.465 e. The zero-order chi connectivity index (χ0) is 23.6. The summed E-state index contributed by atoms with van der Waals surface area (Å²) >= 11 is 0. The molecule has 1 aliphatic heterocycles. The maximum atomic E-state index is 13.1. The smallest absolute Gasteiger partial charge is 0.412 e. The maximum Gasteiger partial charge on any atom is 0.412 e. The summed E-state index contributed by atoms with van der Waals surface area (Å²) in [5.74, 6) is 0.266. The number of carbonyl (C=O) groups excluding carboxylic acids is 1. The molecule has 3 aromatic rings. The van der Waals surface area contributed by atoms with Crippen molar-refractivity contribution in [3.63, 3.8) is 0 Å². The fourth-order valence-electron chi connectivity index (χ4n) is 3.53. The van der Waals surface area contributed by atoms with E-state index in [2.05, 4.69) is 11.9 Å². The molecule has 33 heavy (non-hydrogen) atoms. The van der Waals surface area contributed by atoms with E-state index >= 15 is 0 Å². The van der Waals surface area contributed by atoms with E-state index in [0.717, 1.165) is 16.5 Å². The molecular weight excluding hydrogens is 446 g/mol. The SMILES string of the molecule is C=CC(=O)Nc1cc2c(o1)CN(S(=O)(=O)c1ccc(N(Cc3ccccc3)C(=O)O)cc1)C2. The van der Waals surface area contributed by atoms with Crippen molar-refractivity contribution in [3.8, 4) is 0 Å². The van der Waals surface area contributed by atoms with Gasteiger partial charge in [0.1, 0.15) is 5.76 Å². The van der Waals surface area contributed by atoms with Crippen LogP contribution in [0.5, 0.6) is 0 Å². The van der Waals surface area contributed by atoms with Crippen molar-refractivity contribution in [2.45, 2.75) is 24.5 Å². The first-order valence-electron chi connectivity index (χ1n) is 9.97. The van der Waals surface area contributed by atoms with Crippen molar-refractivity contribution < 1.29 is 27.5 Å². The van der Waals surface area contributed by atoms with Crippen LogP contribution in [-0.2, 0) is 34.5 Å². The summed E-state index contributed by atoms with van der Waals surface area (Å²) in [5.41, 5.74) is 1.83. The summed E-state index contributed by atoms with van der Waals surface area (Å²) in [4.78, 5) is 24.4. The van der Waals surface area contributed by atoms with Crippen molar-refractivity contribution in [2.24, 2.45) is 0 Å². The van der Waals surface area contributed by atoms with Crippen LogP contribution in [0.25, 0.3) is 0 Å². The lowest BCUT2D eigenvalue weighted by Crippen LogP contribution is -2.29. The van der Waals surface area contributed by atoms with E-state index in [0.29, 0.717) is 17.0 Å². The predicted molar refractivity (Wildman–Crippen MR) is 121 cm³/mol. The summed E-state index contributed by atoms with van der Waals surface area (Å²) < 4.78 is 33.0. The average Bonchev–Trinajstić information content (AvgIpc) is 3.37. The van der Waals surface area contributed by atoms with Gasteiger partial charge in [-0.25, -0.2) is 13.2 Å². The van der Waals surface area contributed by atoms with Crippen LogP contribution < -0.4 is 10.2 Å². The van der Waals surface area contributed by atoms with Crippen LogP contribution in [0.15, 0.2) is 82.6 Å². The van der Waals surface area contributed by atoms with Crippen LogP contribution in [0.4, 0.5) is 16.4 Å². The highest BCUT2D eigenvalue weighted by Crippen LogP contribution is 2.33. The molecule has 2 N–H and O–H groups in total. The first kappa shape index (κ1) is 22.3. The number of amides is 2. The summed E-state index contributed by atoms with van der Waals surface area (Å²) in [7, 11) is -3.83. The Morgan fingerprint density at radius 3 is 2.42 bits per heavy atom. The summed E-state index contributed by atoms with van der Waals surface area (Å²) in [6.45, 7) is 3.63. The molecular formula is C23H21N3O6S. The molecule has 2 aromatic carbocycles. The number of anilines is 2. The first-order valence-corrected chi connectivity index (χ1v) is 11.4. The molecule has 0 spiro atoms. The van der Waals surface area contributed by atoms with E-state index < -0.39 is 22.0 Å². The fraction of sp³-hybridized carbons (Fsp3) is 0.130. The van der Waals surface area contributed by atoms with Crippen molar-refractivity contribution in [1.82, 2.24) is 4.31 Å². The number of fused-ring (bicyclic) bond motifs is 1. The van der Waals surface area contributed by atoms with Gasteiger partial charge >= 0.3 is 6.09 Å². The molecule has 0 fully saturated rings. The van der Waals surface area contributed by atoms with Gasteiger partial charge in [-0.1, -0.05) is 36.9 Å². The minimum absolute atomic E-state index is 0.0264. The Labute approximate surface area is 190 Å². The molecule has 1 aliphatic rings. The molecule has 0 bridgehead atoms. The molecule has 10 heteroatoms. The van der Waals surface area contributed by atoms with Crippen molar-refractivity contribution >= 4 is 33.6 Å². The lowest BCUT2D eigenvalue weighted by Gasteiger charge is -2.20. The largest absolute Gasteiger partial charge is 0.465 e. The third-order valence-electron chi connectivity index (χ3n) is 5.20. The Hall–Kier alpha value is -3.89. The molecule has 0 atom stereocenters. The topological polar surface area (TPSA) is 120 Å². The number of rotatable bonds is 7. The van der Waals surface area contributed by atoms with Crippen molar-refractivity contribution in [2.75, 3.05) is 10.2 Å². The van der Waals surface area contributed by atoms with E-state index in [9.17, 15) is 23.1 Å². The first-order chi connectivity index (χ1) is 15.8. The third-order valence-corrected chi connectivity index (χ3v) is 7.00. The summed E-state index contributed by atoms with van der Waals surface area (Å²) in [5, 5.41) is 12.1. The second-order valence-electron chi connectivity index (χ2n) is 7.37. The van der Waals surface area contributed by atoms with Gasteiger partial charge in [0.05, 0.1) is 18.0 Å². The second kappa shape index (κ2) is 8.93. The van der Waals surface area contributed by atoms with E-state index in [1.54, 1.807) is 6.07 Å². The number of nitrogens with one attached hydrogen (secondary N) is 1. The Kier molecular flexibility index (Phi) is 6.03. The van der Waals surface area contributed by atoms with Crippen LogP contribution in [0.3, 0.4) is 0 Å². The molecule has 0 radical (unpaired) electrons. The minimum atomic E-state index is -3.83. The summed E-state index contributed by atoms with van der Waals surface area (Å²) in [6.07, 6.45) is -0.0303. The van der Waals surface area contributed by atoms with Crippen molar-refractivity contribution in [3.05, 3.63) is 90.2 Å². The van der Waals surface area contributed by atoms with E-state index in [-0.39, 0.29) is 30.4 Å². The number of sulfonamides is 1. The number of hydrogen-bond donors (Lipinski definition) is 2. The Morgan fingerprint density at radius 1 is 1.12 bits per heavy atom. The van der Waals surface area contributed by atoms with Gasteiger partial charge in [-0.15, -0.1) is 0 Å². The van der Waals surface area contributed by atoms with Crippen molar-refractivity contribution in [1.29, 1.82) is 0 Å². The van der Waals surface area contributed by atoms with E-state index in [4.69, 9.17) is 4.42 Å². The van der Waals surface area contributed by atoms with Gasteiger partial charge < -0.3 is 9.52 Å². The normalized spacial score (nSPS) is 13.3. The van der Waals surface area contributed by atoms with Crippen LogP contribution in [0.2, 0.25) is 0 Å². The maximum absolute atomic E-state index is 13.1. The molecule has 4 rings (SSSR count). The van der Waals surface area contributed by atoms with Crippen LogP contribution >= 0.6 is 0 Å². The molecule has 2 heterocycles. The number of benzene rings is 2. The van der Waals surface area contributed by atoms with Crippen LogP contribution in [-0.4, -0.2) is 29.8 Å². The average molecular weight is 468 g/mol. The zero-order valence-electron chi connectivity index (χ0n) is 17.5. The van der Waals surface area contributed by atoms with Gasteiger partial charge in [0.2, 0.25) is 15.9 Å². The number of carbonyl (C=O) groups is 2. The molecule has 0 saturated heterocycles. The number of furan rings is 1. The van der Waals surface area contributed by atoms with Gasteiger partial charge in [-0.2, -0.15) is 4.31 Å². The molecule has 2 amide bonds. The van der Waals surface area contributed by atoms with Crippen LogP contribution in [0, 0.1) is 0 Å². The highest BCUT2D eigenvalue weighted by molar-refractivity contribution is 7.89. The standard InChI is InChI=1S/C23H21N3O6S/c1-2-21(27)24-22-12-17-14-25(15-20(17)32-22)33(30,31)19-10-8-18(9-11-19)26(23(28)29)13-16-6-4-3-5-7-16/h2-12H,1,13-15H2,(H,24,27)(H,28,29). The lowest BCUT2D eigenvalue weighted by molar-refractivity contribution is -0.112. The molecule has 170 valence electrons. The van der Waals surface area contributed by atoms with E-state index in [1.165, 1.54) is 28.6 Å². The molecule has 9 nitrogen and oxygen atoms in total. The Bertz CT molecular complexity index is 1280. The molecule has 0 unspecified atom stereocenters. The zero-order valence-corrected chi connectivity index (χ0v) is 18.3. The Balaban J connectivity index is 1.49. The second-order valence-corrected chi connectivity index (χ2v) is 9.31. The van der Waals surface area contributed by atoms with Crippen LogP contribution in [0.1, 0.15) is 16.9 Å². The lowest BCUT2D eigenvalue weighted by atomic mass is 10.2. The fourth-order valence-corrected chi connectivity index (χ4v) is 4.90. The van der Waals surface area contributed by atoms with Gasteiger partial charge in [0.25, 0.3) is 0 Å². The van der Waals surface area contributed by atoms with Gasteiger partial charge in [-0.05, 0) is 35.9 Å². The van der Waals surface area contributed by atoms with Gasteiger partial charge in [0.15, 0.2) is 5.88 Å². The number of hydrogen-bond acceptors (Lipinski definition) is 5. The Morgan fingerprint density at radius 2 is 1.82 bits per heavy atom. The number of nitrogens with zero attached hydrogens (tertiary/aromatic N) is 2. The molecule has 1 aromatic heterocycles. The third kappa shape index (κ3) is 4.66.